The van der Waals surface area contributed by atoms with Gasteiger partial charge in [0, 0.05) is 6.54 Å². The average molecular weight is 222 g/mol. The van der Waals surface area contributed by atoms with Gasteiger partial charge in [0.25, 0.3) is 5.56 Å². The molecule has 1 N–H and O–H groups in total. The summed E-state index contributed by atoms with van der Waals surface area (Å²) in [6.07, 6.45) is 1.35. The van der Waals surface area contributed by atoms with E-state index >= 15 is 0 Å². The Hall–Kier alpha value is -2.11. The van der Waals surface area contributed by atoms with E-state index < -0.39 is 5.97 Å². The monoisotopic (exact) mass is 222 g/mol. The maximum atomic E-state index is 11.9. The first kappa shape index (κ1) is 10.4. The van der Waals surface area contributed by atoms with Crippen LogP contribution in [0.15, 0.2) is 15.5 Å². The molecule has 2 aromatic rings. The van der Waals surface area contributed by atoms with E-state index in [0.717, 1.165) is 0 Å². The molecule has 0 aliphatic rings. The molecule has 2 heterocycles. The molecule has 0 unspecified atom stereocenters. The Labute approximate surface area is 90.1 Å². The van der Waals surface area contributed by atoms with Crippen molar-refractivity contribution in [3.05, 3.63) is 28.0 Å². The van der Waals surface area contributed by atoms with E-state index in [1.807, 2.05) is 0 Å². The molecule has 0 radical (unpaired) electrons. The standard InChI is InChI=1S/C10H10N2O4/c1-3-12-4-11-8-7(9(12)13)6(10(14)15)5(2)16-8/h4H,3H2,1-2H3,(H,14,15). The van der Waals surface area contributed by atoms with Crippen molar-refractivity contribution < 1.29 is 14.3 Å². The number of fused-ring (bicyclic) bond motifs is 1. The molecule has 2 rings (SSSR count). The summed E-state index contributed by atoms with van der Waals surface area (Å²) < 4.78 is 6.47. The van der Waals surface area contributed by atoms with Gasteiger partial charge in [-0.2, -0.15) is 0 Å². The molecule has 0 saturated carbocycles. The Morgan fingerprint density at radius 3 is 2.88 bits per heavy atom. The molecule has 84 valence electrons. The molecule has 0 aliphatic heterocycles. The van der Waals surface area contributed by atoms with Gasteiger partial charge in [0.05, 0.1) is 0 Å². The fraction of sp³-hybridized carbons (Fsp3) is 0.300. The minimum Gasteiger partial charge on any atom is -0.478 e. The largest absolute Gasteiger partial charge is 0.478 e. The Bertz CT molecular complexity index is 624. The van der Waals surface area contributed by atoms with Gasteiger partial charge >= 0.3 is 5.97 Å². The zero-order valence-corrected chi connectivity index (χ0v) is 8.85. The van der Waals surface area contributed by atoms with Crippen LogP contribution in [0, 0.1) is 6.92 Å². The van der Waals surface area contributed by atoms with Gasteiger partial charge in [-0.1, -0.05) is 0 Å². The summed E-state index contributed by atoms with van der Waals surface area (Å²) in [5.74, 6) is -0.982. The molecule has 0 saturated heterocycles. The lowest BCUT2D eigenvalue weighted by Gasteiger charge is -1.99. The molecular weight excluding hydrogens is 212 g/mol. The lowest BCUT2D eigenvalue weighted by atomic mass is 10.2. The van der Waals surface area contributed by atoms with Gasteiger partial charge in [0.1, 0.15) is 23.0 Å². The van der Waals surface area contributed by atoms with Gasteiger partial charge in [0.2, 0.25) is 5.71 Å². The number of carboxylic acid groups (broad SMARTS) is 1. The lowest BCUT2D eigenvalue weighted by molar-refractivity contribution is 0.0697. The zero-order chi connectivity index (χ0) is 11.9. The Morgan fingerprint density at radius 2 is 2.31 bits per heavy atom. The van der Waals surface area contributed by atoms with Gasteiger partial charge in [-0.25, -0.2) is 9.78 Å². The Balaban J connectivity index is 2.95. The van der Waals surface area contributed by atoms with Crippen LogP contribution in [-0.2, 0) is 6.54 Å². The fourth-order valence-corrected chi connectivity index (χ4v) is 1.62. The van der Waals surface area contributed by atoms with E-state index in [0.29, 0.717) is 6.54 Å². The van der Waals surface area contributed by atoms with Crippen LogP contribution < -0.4 is 5.56 Å². The third-order valence-corrected chi connectivity index (χ3v) is 2.41. The quantitative estimate of drug-likeness (QED) is 0.819. The van der Waals surface area contributed by atoms with Crippen LogP contribution in [0.2, 0.25) is 0 Å². The van der Waals surface area contributed by atoms with Crippen LogP contribution in [-0.4, -0.2) is 20.6 Å². The van der Waals surface area contributed by atoms with E-state index in [9.17, 15) is 9.59 Å². The molecular formula is C10H10N2O4. The van der Waals surface area contributed by atoms with Crippen LogP contribution in [0.5, 0.6) is 0 Å². The minimum absolute atomic E-state index is 0.0364. The number of rotatable bonds is 2. The van der Waals surface area contributed by atoms with Crippen LogP contribution in [0.4, 0.5) is 0 Å². The number of aryl methyl sites for hydroxylation is 2. The number of hydrogen-bond acceptors (Lipinski definition) is 4. The Kier molecular flexibility index (Phi) is 2.26. The van der Waals surface area contributed by atoms with Crippen molar-refractivity contribution in [1.29, 1.82) is 0 Å². The van der Waals surface area contributed by atoms with Crippen LogP contribution in [0.25, 0.3) is 11.1 Å². The van der Waals surface area contributed by atoms with Crippen molar-refractivity contribution in [2.75, 3.05) is 0 Å². The summed E-state index contributed by atoms with van der Waals surface area (Å²) in [6.45, 7) is 3.72. The van der Waals surface area contributed by atoms with E-state index in [2.05, 4.69) is 4.98 Å². The van der Waals surface area contributed by atoms with E-state index in [1.54, 1.807) is 6.92 Å². The normalized spacial score (nSPS) is 10.9. The van der Waals surface area contributed by atoms with Crippen LogP contribution in [0.3, 0.4) is 0 Å². The number of carbonyl (C=O) groups is 1. The number of nitrogens with zero attached hydrogens (tertiary/aromatic N) is 2. The van der Waals surface area contributed by atoms with Gasteiger partial charge in [0.15, 0.2) is 0 Å². The van der Waals surface area contributed by atoms with Crippen molar-refractivity contribution in [2.24, 2.45) is 0 Å². The Morgan fingerprint density at radius 1 is 1.62 bits per heavy atom. The number of aromatic carboxylic acids is 1. The highest BCUT2D eigenvalue weighted by Gasteiger charge is 2.21. The third kappa shape index (κ3) is 1.30. The van der Waals surface area contributed by atoms with Gasteiger partial charge in [-0.15, -0.1) is 0 Å². The van der Waals surface area contributed by atoms with Crippen LogP contribution >= 0.6 is 0 Å². The highest BCUT2D eigenvalue weighted by atomic mass is 16.4. The first-order chi connectivity index (χ1) is 7.56. The molecule has 0 aliphatic carbocycles. The molecule has 0 spiro atoms. The van der Waals surface area contributed by atoms with Gasteiger partial charge < -0.3 is 9.52 Å². The highest BCUT2D eigenvalue weighted by Crippen LogP contribution is 2.20. The number of carboxylic acids is 1. The second-order valence-corrected chi connectivity index (χ2v) is 3.35. The summed E-state index contributed by atoms with van der Waals surface area (Å²) in [6, 6.07) is 0. The summed E-state index contributed by atoms with van der Waals surface area (Å²) in [4.78, 5) is 26.8. The fourth-order valence-electron chi connectivity index (χ4n) is 1.62. The van der Waals surface area contributed by atoms with E-state index in [4.69, 9.17) is 9.52 Å². The van der Waals surface area contributed by atoms with Crippen molar-refractivity contribution >= 4 is 17.1 Å². The number of furan rings is 1. The zero-order valence-electron chi connectivity index (χ0n) is 8.85. The maximum Gasteiger partial charge on any atom is 0.340 e. The molecule has 6 nitrogen and oxygen atoms in total. The summed E-state index contributed by atoms with van der Waals surface area (Å²) in [5, 5.41) is 9.04. The molecule has 6 heteroatoms. The summed E-state index contributed by atoms with van der Waals surface area (Å²) in [5.41, 5.74) is -0.415. The second kappa shape index (κ2) is 3.48. The SMILES string of the molecule is CCn1cnc2oc(C)c(C(=O)O)c2c1=O. The molecule has 0 atom stereocenters. The highest BCUT2D eigenvalue weighted by molar-refractivity contribution is 6.02. The van der Waals surface area contributed by atoms with E-state index in [1.165, 1.54) is 17.8 Å². The van der Waals surface area contributed by atoms with Crippen molar-refractivity contribution in [2.45, 2.75) is 20.4 Å². The van der Waals surface area contributed by atoms with E-state index in [-0.39, 0.29) is 28.0 Å². The molecule has 16 heavy (non-hydrogen) atoms. The van der Waals surface area contributed by atoms with Crippen molar-refractivity contribution in [1.82, 2.24) is 9.55 Å². The van der Waals surface area contributed by atoms with Crippen molar-refractivity contribution in [3.8, 4) is 0 Å². The molecule has 0 fully saturated rings. The topological polar surface area (TPSA) is 85.3 Å². The maximum absolute atomic E-state index is 11.9. The molecule has 0 aromatic carbocycles. The lowest BCUT2D eigenvalue weighted by Crippen LogP contribution is -2.20. The third-order valence-electron chi connectivity index (χ3n) is 2.41. The molecule has 0 amide bonds. The van der Waals surface area contributed by atoms with Gasteiger partial charge in [-0.05, 0) is 13.8 Å². The molecule has 2 aromatic heterocycles. The average Bonchev–Trinajstić information content (AvgIpc) is 2.56. The van der Waals surface area contributed by atoms with Crippen molar-refractivity contribution in [3.63, 3.8) is 0 Å². The van der Waals surface area contributed by atoms with Crippen LogP contribution in [0.1, 0.15) is 23.0 Å². The summed E-state index contributed by atoms with van der Waals surface area (Å²) in [7, 11) is 0. The molecule has 0 bridgehead atoms. The predicted octanol–water partition coefficient (Wildman–Crippen LogP) is 1.02. The predicted molar refractivity (Wildman–Crippen MR) is 55.6 cm³/mol. The number of aromatic nitrogens is 2. The first-order valence-electron chi connectivity index (χ1n) is 4.78. The van der Waals surface area contributed by atoms with Gasteiger partial charge in [-0.3, -0.25) is 9.36 Å². The summed E-state index contributed by atoms with van der Waals surface area (Å²) >= 11 is 0. The minimum atomic E-state index is -1.18. The second-order valence-electron chi connectivity index (χ2n) is 3.35. The first-order valence-corrected chi connectivity index (χ1v) is 4.78. The number of hydrogen-bond donors (Lipinski definition) is 1. The smallest absolute Gasteiger partial charge is 0.340 e.